The van der Waals surface area contributed by atoms with Crippen molar-refractivity contribution in [1.29, 1.82) is 0 Å². The molecule has 1 aliphatic rings. The van der Waals surface area contributed by atoms with E-state index in [4.69, 9.17) is 4.74 Å². The van der Waals surface area contributed by atoms with Crippen molar-refractivity contribution in [1.82, 2.24) is 5.32 Å². The quantitative estimate of drug-likeness (QED) is 0.723. The van der Waals surface area contributed by atoms with Gasteiger partial charge in [-0.3, -0.25) is 0 Å². The van der Waals surface area contributed by atoms with Gasteiger partial charge in [0.2, 0.25) is 0 Å². The average molecular weight is 293 g/mol. The molecule has 21 heavy (non-hydrogen) atoms. The van der Waals surface area contributed by atoms with E-state index < -0.39 is 0 Å². The summed E-state index contributed by atoms with van der Waals surface area (Å²) >= 11 is 0. The zero-order valence-electron chi connectivity index (χ0n) is 12.9. The van der Waals surface area contributed by atoms with E-state index in [2.05, 4.69) is 5.32 Å². The van der Waals surface area contributed by atoms with E-state index in [9.17, 15) is 10.2 Å². The van der Waals surface area contributed by atoms with Crippen LogP contribution in [0.4, 0.5) is 0 Å². The highest BCUT2D eigenvalue weighted by Crippen LogP contribution is 2.38. The summed E-state index contributed by atoms with van der Waals surface area (Å²) in [6.45, 7) is 1.77. The highest BCUT2D eigenvalue weighted by molar-refractivity contribution is 5.45. The van der Waals surface area contributed by atoms with Crippen LogP contribution in [0, 0.1) is 5.41 Å². The van der Waals surface area contributed by atoms with Gasteiger partial charge in [-0.15, -0.1) is 0 Å². The van der Waals surface area contributed by atoms with Gasteiger partial charge in [0.25, 0.3) is 0 Å². The molecule has 0 spiro atoms. The fraction of sp³-hybridized carbons (Fsp3) is 0.647. The molecule has 1 fully saturated rings. The SMILES string of the molecule is COc1cccc(CNCC2(CCO)CCCCC2)c1O. The molecule has 0 aliphatic heterocycles. The van der Waals surface area contributed by atoms with Gasteiger partial charge in [-0.1, -0.05) is 31.4 Å². The fourth-order valence-corrected chi connectivity index (χ4v) is 3.39. The maximum absolute atomic E-state index is 10.1. The van der Waals surface area contributed by atoms with Crippen LogP contribution in [-0.2, 0) is 6.54 Å². The lowest BCUT2D eigenvalue weighted by Crippen LogP contribution is -2.36. The molecule has 0 unspecified atom stereocenters. The first-order chi connectivity index (χ1) is 10.2. The third-order valence-corrected chi connectivity index (χ3v) is 4.67. The van der Waals surface area contributed by atoms with Crippen LogP contribution in [0.1, 0.15) is 44.1 Å². The summed E-state index contributed by atoms with van der Waals surface area (Å²) < 4.78 is 5.13. The lowest BCUT2D eigenvalue weighted by atomic mass is 9.72. The van der Waals surface area contributed by atoms with Gasteiger partial charge in [0.1, 0.15) is 0 Å². The summed E-state index contributed by atoms with van der Waals surface area (Å²) in [6.07, 6.45) is 7.06. The van der Waals surface area contributed by atoms with Gasteiger partial charge < -0.3 is 20.3 Å². The summed E-state index contributed by atoms with van der Waals surface area (Å²) in [6, 6.07) is 5.55. The Kier molecular flexibility index (Phi) is 5.88. The predicted molar refractivity (Wildman–Crippen MR) is 83.6 cm³/mol. The predicted octanol–water partition coefficient (Wildman–Crippen LogP) is 2.82. The van der Waals surface area contributed by atoms with E-state index in [1.807, 2.05) is 12.1 Å². The molecule has 3 N–H and O–H groups in total. The van der Waals surface area contributed by atoms with Crippen molar-refractivity contribution in [2.45, 2.75) is 45.1 Å². The number of phenolic OH excluding ortho intramolecular Hbond substituents is 1. The maximum Gasteiger partial charge on any atom is 0.162 e. The Morgan fingerprint density at radius 3 is 2.67 bits per heavy atom. The molecule has 1 saturated carbocycles. The Labute approximate surface area is 127 Å². The van der Waals surface area contributed by atoms with Gasteiger partial charge >= 0.3 is 0 Å². The van der Waals surface area contributed by atoms with Crippen LogP contribution in [0.5, 0.6) is 11.5 Å². The Bertz CT molecular complexity index is 436. The second-order valence-corrected chi connectivity index (χ2v) is 6.11. The van der Waals surface area contributed by atoms with E-state index in [0.717, 1.165) is 18.5 Å². The van der Waals surface area contributed by atoms with Gasteiger partial charge in [-0.25, -0.2) is 0 Å². The normalized spacial score (nSPS) is 17.6. The molecule has 1 aliphatic carbocycles. The Balaban J connectivity index is 1.93. The van der Waals surface area contributed by atoms with Gasteiger partial charge in [0.15, 0.2) is 11.5 Å². The molecule has 4 heteroatoms. The van der Waals surface area contributed by atoms with E-state index >= 15 is 0 Å². The molecule has 0 saturated heterocycles. The Morgan fingerprint density at radius 2 is 2.00 bits per heavy atom. The van der Waals surface area contributed by atoms with Crippen LogP contribution in [-0.4, -0.2) is 30.5 Å². The van der Waals surface area contributed by atoms with Gasteiger partial charge in [0.05, 0.1) is 7.11 Å². The first kappa shape index (κ1) is 16.1. The van der Waals surface area contributed by atoms with Crippen LogP contribution in [0.3, 0.4) is 0 Å². The minimum absolute atomic E-state index is 0.215. The molecule has 4 nitrogen and oxygen atoms in total. The monoisotopic (exact) mass is 293 g/mol. The second kappa shape index (κ2) is 7.66. The number of para-hydroxylation sites is 1. The number of hydrogen-bond donors (Lipinski definition) is 3. The number of aromatic hydroxyl groups is 1. The lowest BCUT2D eigenvalue weighted by molar-refractivity contribution is 0.126. The molecule has 0 atom stereocenters. The third-order valence-electron chi connectivity index (χ3n) is 4.67. The minimum atomic E-state index is 0.215. The molecule has 0 radical (unpaired) electrons. The molecule has 0 aromatic heterocycles. The number of ether oxygens (including phenoxy) is 1. The Morgan fingerprint density at radius 1 is 1.24 bits per heavy atom. The number of hydrogen-bond acceptors (Lipinski definition) is 4. The highest BCUT2D eigenvalue weighted by Gasteiger charge is 2.30. The summed E-state index contributed by atoms with van der Waals surface area (Å²) in [5.74, 6) is 0.726. The number of nitrogens with one attached hydrogen (secondary N) is 1. The first-order valence-corrected chi connectivity index (χ1v) is 7.87. The Hall–Kier alpha value is -1.26. The van der Waals surface area contributed by atoms with E-state index in [1.54, 1.807) is 13.2 Å². The molecule has 1 aromatic rings. The molecular weight excluding hydrogens is 266 g/mol. The molecule has 2 rings (SSSR count). The largest absolute Gasteiger partial charge is 0.504 e. The highest BCUT2D eigenvalue weighted by atomic mass is 16.5. The molecule has 118 valence electrons. The van der Waals surface area contributed by atoms with Crippen LogP contribution >= 0.6 is 0 Å². The summed E-state index contributed by atoms with van der Waals surface area (Å²) in [5.41, 5.74) is 1.07. The molecule has 0 bridgehead atoms. The summed E-state index contributed by atoms with van der Waals surface area (Å²) in [5, 5.41) is 22.9. The topological polar surface area (TPSA) is 61.7 Å². The number of aliphatic hydroxyl groups excluding tert-OH is 1. The van der Waals surface area contributed by atoms with Gasteiger partial charge in [-0.2, -0.15) is 0 Å². The third kappa shape index (κ3) is 4.11. The zero-order valence-corrected chi connectivity index (χ0v) is 12.9. The smallest absolute Gasteiger partial charge is 0.162 e. The molecule has 0 heterocycles. The van der Waals surface area contributed by atoms with Crippen molar-refractivity contribution in [3.05, 3.63) is 23.8 Å². The molecule has 1 aromatic carbocycles. The molecular formula is C17H27NO3. The number of benzene rings is 1. The number of aliphatic hydroxyl groups is 1. The fourth-order valence-electron chi connectivity index (χ4n) is 3.39. The van der Waals surface area contributed by atoms with Crippen LogP contribution in [0.15, 0.2) is 18.2 Å². The number of rotatable bonds is 7. The number of phenols is 1. The number of methoxy groups -OCH3 is 1. The van der Waals surface area contributed by atoms with Gasteiger partial charge in [0, 0.05) is 25.3 Å². The first-order valence-electron chi connectivity index (χ1n) is 7.87. The molecule has 0 amide bonds. The average Bonchev–Trinajstić information content (AvgIpc) is 2.50. The van der Waals surface area contributed by atoms with Crippen molar-refractivity contribution < 1.29 is 14.9 Å². The van der Waals surface area contributed by atoms with E-state index in [1.165, 1.54) is 32.1 Å². The van der Waals surface area contributed by atoms with Crippen molar-refractivity contribution in [2.75, 3.05) is 20.3 Å². The van der Waals surface area contributed by atoms with Crippen LogP contribution in [0.25, 0.3) is 0 Å². The summed E-state index contributed by atoms with van der Waals surface area (Å²) in [7, 11) is 1.56. The van der Waals surface area contributed by atoms with Crippen molar-refractivity contribution in [2.24, 2.45) is 5.41 Å². The van der Waals surface area contributed by atoms with Crippen LogP contribution in [0.2, 0.25) is 0 Å². The maximum atomic E-state index is 10.1. The standard InChI is InChI=1S/C17H27NO3/c1-21-15-7-5-6-14(16(15)20)12-18-13-17(10-11-19)8-3-2-4-9-17/h5-7,18-20H,2-4,8-13H2,1H3. The zero-order chi connectivity index (χ0) is 15.1. The van der Waals surface area contributed by atoms with Crippen molar-refractivity contribution in [3.8, 4) is 11.5 Å². The van der Waals surface area contributed by atoms with Crippen molar-refractivity contribution in [3.63, 3.8) is 0 Å². The lowest BCUT2D eigenvalue weighted by Gasteiger charge is -2.37. The summed E-state index contributed by atoms with van der Waals surface area (Å²) in [4.78, 5) is 0. The van der Waals surface area contributed by atoms with Crippen LogP contribution < -0.4 is 10.1 Å². The van der Waals surface area contributed by atoms with E-state index in [0.29, 0.717) is 12.3 Å². The van der Waals surface area contributed by atoms with E-state index in [-0.39, 0.29) is 17.8 Å². The van der Waals surface area contributed by atoms with Crippen molar-refractivity contribution >= 4 is 0 Å². The second-order valence-electron chi connectivity index (χ2n) is 6.11. The minimum Gasteiger partial charge on any atom is -0.504 e. The van der Waals surface area contributed by atoms with Gasteiger partial charge in [-0.05, 0) is 30.7 Å².